The van der Waals surface area contributed by atoms with Crippen LogP contribution in [-0.2, 0) is 10.2 Å². The van der Waals surface area contributed by atoms with E-state index >= 15 is 0 Å². The molecule has 3 rings (SSSR count). The van der Waals surface area contributed by atoms with Crippen molar-refractivity contribution in [3.63, 3.8) is 0 Å². The molecule has 2 heterocycles. The number of carbonyl (C=O) groups excluding carboxylic acids is 1. The Hall–Kier alpha value is -1.51. The van der Waals surface area contributed by atoms with Gasteiger partial charge < -0.3 is 10.2 Å². The first kappa shape index (κ1) is 8.77. The van der Waals surface area contributed by atoms with Gasteiger partial charge in [-0.3, -0.25) is 4.79 Å². The summed E-state index contributed by atoms with van der Waals surface area (Å²) in [6.45, 7) is 4.86. The maximum Gasteiger partial charge on any atom is 0.241 e. The van der Waals surface area contributed by atoms with Crippen LogP contribution in [-0.4, -0.2) is 18.6 Å². The second kappa shape index (κ2) is 2.54. The summed E-state index contributed by atoms with van der Waals surface area (Å²) >= 11 is 0. The monoisotopic (exact) mass is 202 g/mol. The second-order valence-corrected chi connectivity index (χ2v) is 4.84. The zero-order valence-corrected chi connectivity index (χ0v) is 8.95. The summed E-state index contributed by atoms with van der Waals surface area (Å²) in [5.74, 6) is 0.127. The van der Waals surface area contributed by atoms with Gasteiger partial charge in [-0.25, -0.2) is 0 Å². The molecule has 0 saturated carbocycles. The van der Waals surface area contributed by atoms with Crippen molar-refractivity contribution in [2.24, 2.45) is 0 Å². The molecule has 1 fully saturated rings. The molecule has 1 N–H and O–H groups in total. The molecule has 2 aliphatic heterocycles. The smallest absolute Gasteiger partial charge is 0.241 e. The van der Waals surface area contributed by atoms with Gasteiger partial charge >= 0.3 is 0 Å². The molecule has 2 aliphatic rings. The van der Waals surface area contributed by atoms with Gasteiger partial charge in [-0.15, -0.1) is 0 Å². The number of fused-ring (bicyclic) bond motifs is 3. The quantitative estimate of drug-likeness (QED) is 0.686. The number of hydrogen-bond acceptors (Lipinski definition) is 2. The molecule has 1 amide bonds. The molecule has 0 radical (unpaired) electrons. The van der Waals surface area contributed by atoms with Crippen LogP contribution in [0, 0.1) is 0 Å². The Morgan fingerprint density at radius 1 is 1.40 bits per heavy atom. The molecule has 15 heavy (non-hydrogen) atoms. The van der Waals surface area contributed by atoms with E-state index in [4.69, 9.17) is 0 Å². The molecular formula is C12H14N2O. The van der Waals surface area contributed by atoms with Gasteiger partial charge in [-0.1, -0.05) is 32.0 Å². The number of anilines is 1. The van der Waals surface area contributed by atoms with E-state index in [2.05, 4.69) is 42.3 Å². The van der Waals surface area contributed by atoms with Gasteiger partial charge in [0.1, 0.15) is 6.17 Å². The third-order valence-electron chi connectivity index (χ3n) is 3.51. The van der Waals surface area contributed by atoms with E-state index < -0.39 is 0 Å². The third kappa shape index (κ3) is 0.978. The highest BCUT2D eigenvalue weighted by Gasteiger charge is 2.48. The number of amides is 1. The maximum absolute atomic E-state index is 11.4. The van der Waals surface area contributed by atoms with Crippen LogP contribution >= 0.6 is 0 Å². The number of nitrogens with zero attached hydrogens (tertiary/aromatic N) is 1. The van der Waals surface area contributed by atoms with Crippen LogP contribution in [0.15, 0.2) is 24.3 Å². The molecule has 1 atom stereocenters. The minimum Gasteiger partial charge on any atom is -0.341 e. The molecule has 0 spiro atoms. The lowest BCUT2D eigenvalue weighted by Gasteiger charge is -2.27. The van der Waals surface area contributed by atoms with Gasteiger partial charge in [0, 0.05) is 11.1 Å². The highest BCUT2D eigenvalue weighted by atomic mass is 16.2. The SMILES string of the molecule is CC1(C)c2ccccc2N2CC(=O)NC21. The summed E-state index contributed by atoms with van der Waals surface area (Å²) in [4.78, 5) is 13.6. The minimum atomic E-state index is 0.00273. The Bertz CT molecular complexity index is 439. The first-order valence-corrected chi connectivity index (χ1v) is 5.26. The Kier molecular flexibility index (Phi) is 1.48. The molecule has 1 saturated heterocycles. The zero-order chi connectivity index (χ0) is 10.6. The molecule has 3 heteroatoms. The normalized spacial score (nSPS) is 26.1. The van der Waals surface area contributed by atoms with Crippen molar-refractivity contribution in [1.29, 1.82) is 0 Å². The first-order chi connectivity index (χ1) is 7.10. The molecule has 0 aliphatic carbocycles. The molecule has 1 aromatic carbocycles. The summed E-state index contributed by atoms with van der Waals surface area (Å²) < 4.78 is 0. The van der Waals surface area contributed by atoms with E-state index in [1.54, 1.807) is 0 Å². The molecular weight excluding hydrogens is 188 g/mol. The fraction of sp³-hybridized carbons (Fsp3) is 0.417. The fourth-order valence-corrected chi connectivity index (χ4v) is 2.73. The van der Waals surface area contributed by atoms with Crippen molar-refractivity contribution >= 4 is 11.6 Å². The Morgan fingerprint density at radius 3 is 2.93 bits per heavy atom. The van der Waals surface area contributed by atoms with E-state index in [0.29, 0.717) is 6.54 Å². The maximum atomic E-state index is 11.4. The van der Waals surface area contributed by atoms with Gasteiger partial charge in [-0.05, 0) is 11.6 Å². The summed E-state index contributed by atoms with van der Waals surface area (Å²) in [6.07, 6.45) is 0.127. The Labute approximate surface area is 89.1 Å². The Balaban J connectivity index is 2.18. The lowest BCUT2D eigenvalue weighted by Crippen LogP contribution is -2.44. The summed E-state index contributed by atoms with van der Waals surface area (Å²) in [5.41, 5.74) is 2.53. The van der Waals surface area contributed by atoms with Crippen molar-refractivity contribution < 1.29 is 4.79 Å². The molecule has 1 aromatic rings. The number of nitrogens with one attached hydrogen (secondary N) is 1. The fourth-order valence-electron chi connectivity index (χ4n) is 2.73. The molecule has 0 bridgehead atoms. The van der Waals surface area contributed by atoms with Gasteiger partial charge in [0.25, 0.3) is 0 Å². The molecule has 1 unspecified atom stereocenters. The van der Waals surface area contributed by atoms with Crippen LogP contribution in [0.3, 0.4) is 0 Å². The van der Waals surface area contributed by atoms with Crippen LogP contribution in [0.2, 0.25) is 0 Å². The van der Waals surface area contributed by atoms with Gasteiger partial charge in [-0.2, -0.15) is 0 Å². The van der Waals surface area contributed by atoms with Crippen molar-refractivity contribution in [3.8, 4) is 0 Å². The number of benzene rings is 1. The molecule has 0 aromatic heterocycles. The van der Waals surface area contributed by atoms with Crippen molar-refractivity contribution in [2.75, 3.05) is 11.4 Å². The van der Waals surface area contributed by atoms with E-state index in [9.17, 15) is 4.79 Å². The number of para-hydroxylation sites is 1. The van der Waals surface area contributed by atoms with Crippen molar-refractivity contribution in [3.05, 3.63) is 29.8 Å². The highest BCUT2D eigenvalue weighted by molar-refractivity contribution is 5.88. The Morgan fingerprint density at radius 2 is 2.13 bits per heavy atom. The summed E-state index contributed by atoms with van der Waals surface area (Å²) in [5, 5.41) is 3.04. The van der Waals surface area contributed by atoms with E-state index in [1.165, 1.54) is 11.3 Å². The van der Waals surface area contributed by atoms with Gasteiger partial charge in [0.05, 0.1) is 6.54 Å². The highest BCUT2D eigenvalue weighted by Crippen LogP contribution is 2.45. The van der Waals surface area contributed by atoms with E-state index in [-0.39, 0.29) is 17.5 Å². The van der Waals surface area contributed by atoms with Crippen LogP contribution in [0.4, 0.5) is 5.69 Å². The molecule has 3 nitrogen and oxygen atoms in total. The topological polar surface area (TPSA) is 32.3 Å². The van der Waals surface area contributed by atoms with Crippen LogP contribution in [0.1, 0.15) is 19.4 Å². The molecule has 78 valence electrons. The van der Waals surface area contributed by atoms with Gasteiger partial charge in [0.2, 0.25) is 5.91 Å². The predicted molar refractivity (Wildman–Crippen MR) is 58.7 cm³/mol. The minimum absolute atomic E-state index is 0.00273. The predicted octanol–water partition coefficient (Wildman–Crippen LogP) is 1.24. The summed E-state index contributed by atoms with van der Waals surface area (Å²) in [6, 6.07) is 8.34. The number of rotatable bonds is 0. The van der Waals surface area contributed by atoms with Crippen LogP contribution in [0.5, 0.6) is 0 Å². The lowest BCUT2D eigenvalue weighted by atomic mass is 9.84. The summed E-state index contributed by atoms with van der Waals surface area (Å²) in [7, 11) is 0. The first-order valence-electron chi connectivity index (χ1n) is 5.26. The van der Waals surface area contributed by atoms with E-state index in [1.807, 2.05) is 6.07 Å². The number of carbonyl (C=O) groups is 1. The number of hydrogen-bond donors (Lipinski definition) is 1. The zero-order valence-electron chi connectivity index (χ0n) is 8.95. The average Bonchev–Trinajstić information content (AvgIpc) is 2.68. The van der Waals surface area contributed by atoms with Crippen molar-refractivity contribution in [1.82, 2.24) is 5.32 Å². The van der Waals surface area contributed by atoms with E-state index in [0.717, 1.165) is 0 Å². The largest absolute Gasteiger partial charge is 0.341 e. The van der Waals surface area contributed by atoms with Crippen LogP contribution < -0.4 is 10.2 Å². The lowest BCUT2D eigenvalue weighted by molar-refractivity contribution is -0.118. The van der Waals surface area contributed by atoms with Gasteiger partial charge in [0.15, 0.2) is 0 Å². The standard InChI is InChI=1S/C12H14N2O/c1-12(2)8-5-3-4-6-9(8)14-7-10(15)13-11(12)14/h3-6,11H,7H2,1-2H3,(H,13,15). The third-order valence-corrected chi connectivity index (χ3v) is 3.51. The second-order valence-electron chi connectivity index (χ2n) is 4.84. The van der Waals surface area contributed by atoms with Crippen LogP contribution in [0.25, 0.3) is 0 Å². The van der Waals surface area contributed by atoms with Crippen molar-refractivity contribution in [2.45, 2.75) is 25.4 Å². The average molecular weight is 202 g/mol.